The van der Waals surface area contributed by atoms with Gasteiger partial charge in [0.25, 0.3) is 0 Å². The Kier molecular flexibility index (Phi) is 9.95. The summed E-state index contributed by atoms with van der Waals surface area (Å²) in [5.41, 5.74) is 1.07. The molecule has 2 rings (SSSR count). The molecular weight excluding hydrogens is 430 g/mol. The Morgan fingerprint density at radius 2 is 1.71 bits per heavy atom. The quantitative estimate of drug-likeness (QED) is 0.555. The predicted octanol–water partition coefficient (Wildman–Crippen LogP) is 5.03. The monoisotopic (exact) mass is 473 g/mol. The molecule has 0 aliphatic heterocycles. The van der Waals surface area contributed by atoms with Gasteiger partial charge in [0.2, 0.25) is 11.8 Å². The first-order valence-corrected chi connectivity index (χ1v) is 12.6. The van der Waals surface area contributed by atoms with Crippen LogP contribution in [0.3, 0.4) is 0 Å². The number of aryl methyl sites for hydroxylation is 1. The van der Waals surface area contributed by atoms with E-state index in [1.54, 1.807) is 32.6 Å². The molecule has 3 atom stereocenters. The number of hydrogen-bond donors (Lipinski definition) is 2. The number of hydrogen-bond acceptors (Lipinski definition) is 4. The molecule has 34 heavy (non-hydrogen) atoms. The summed E-state index contributed by atoms with van der Waals surface area (Å²) in [4.78, 5) is 41.5. The van der Waals surface area contributed by atoms with Gasteiger partial charge < -0.3 is 20.3 Å². The zero-order chi connectivity index (χ0) is 25.5. The molecule has 1 aliphatic rings. The molecule has 190 valence electrons. The van der Waals surface area contributed by atoms with E-state index in [1.165, 1.54) is 6.42 Å². The molecule has 2 N–H and O–H groups in total. The fourth-order valence-electron chi connectivity index (χ4n) is 4.40. The van der Waals surface area contributed by atoms with Gasteiger partial charge in [-0.15, -0.1) is 0 Å². The van der Waals surface area contributed by atoms with Crippen molar-refractivity contribution in [2.45, 2.75) is 117 Å². The van der Waals surface area contributed by atoms with E-state index < -0.39 is 23.8 Å². The van der Waals surface area contributed by atoms with Gasteiger partial charge in [-0.05, 0) is 71.9 Å². The number of amides is 3. The third-order valence-electron chi connectivity index (χ3n) is 6.38. The molecule has 3 amide bonds. The Bertz CT molecular complexity index is 843. The van der Waals surface area contributed by atoms with Gasteiger partial charge in [0.1, 0.15) is 17.7 Å². The highest BCUT2D eigenvalue weighted by Gasteiger charge is 2.38. The summed E-state index contributed by atoms with van der Waals surface area (Å²) < 4.78 is 5.34. The zero-order valence-electron chi connectivity index (χ0n) is 21.9. The Hall–Kier alpha value is -2.57. The molecular formula is C27H43N3O4. The van der Waals surface area contributed by atoms with Gasteiger partial charge in [-0.1, -0.05) is 50.5 Å². The maximum atomic E-state index is 13.7. The minimum absolute atomic E-state index is 0.124. The second kappa shape index (κ2) is 12.2. The van der Waals surface area contributed by atoms with Crippen molar-refractivity contribution in [2.24, 2.45) is 0 Å². The summed E-state index contributed by atoms with van der Waals surface area (Å²) in [6, 6.07) is 5.97. The zero-order valence-corrected chi connectivity index (χ0v) is 21.9. The predicted molar refractivity (Wildman–Crippen MR) is 134 cm³/mol. The van der Waals surface area contributed by atoms with Crippen LogP contribution in [0.4, 0.5) is 4.79 Å². The first kappa shape index (κ1) is 27.7. The molecule has 1 aromatic rings. The van der Waals surface area contributed by atoms with Gasteiger partial charge in [-0.25, -0.2) is 4.79 Å². The van der Waals surface area contributed by atoms with E-state index in [1.807, 2.05) is 45.0 Å². The number of benzene rings is 1. The van der Waals surface area contributed by atoms with Crippen molar-refractivity contribution in [1.82, 2.24) is 15.5 Å². The van der Waals surface area contributed by atoms with Gasteiger partial charge >= 0.3 is 6.09 Å². The van der Waals surface area contributed by atoms with Crippen LogP contribution in [-0.4, -0.2) is 46.5 Å². The minimum Gasteiger partial charge on any atom is -0.444 e. The third kappa shape index (κ3) is 7.74. The van der Waals surface area contributed by atoms with Crippen molar-refractivity contribution in [3.8, 4) is 0 Å². The van der Waals surface area contributed by atoms with Crippen LogP contribution in [0.25, 0.3) is 0 Å². The fourth-order valence-corrected chi connectivity index (χ4v) is 4.40. The molecule has 0 radical (unpaired) electrons. The summed E-state index contributed by atoms with van der Waals surface area (Å²) >= 11 is 0. The maximum Gasteiger partial charge on any atom is 0.408 e. The second-order valence-electron chi connectivity index (χ2n) is 10.5. The fraction of sp³-hybridized carbons (Fsp3) is 0.667. The number of rotatable bonds is 8. The van der Waals surface area contributed by atoms with Crippen LogP contribution in [0.5, 0.6) is 0 Å². The van der Waals surface area contributed by atoms with Crippen molar-refractivity contribution >= 4 is 17.9 Å². The van der Waals surface area contributed by atoms with E-state index in [4.69, 9.17) is 4.74 Å². The Labute approximate surface area is 205 Å². The lowest BCUT2D eigenvalue weighted by Gasteiger charge is -2.39. The van der Waals surface area contributed by atoms with E-state index in [2.05, 4.69) is 10.6 Å². The van der Waals surface area contributed by atoms with E-state index in [9.17, 15) is 14.4 Å². The van der Waals surface area contributed by atoms with Crippen LogP contribution in [-0.2, 0) is 14.3 Å². The van der Waals surface area contributed by atoms with Gasteiger partial charge in [-0.3, -0.25) is 9.59 Å². The third-order valence-corrected chi connectivity index (χ3v) is 6.38. The summed E-state index contributed by atoms with van der Waals surface area (Å²) in [5.74, 6) is -0.480. The highest BCUT2D eigenvalue weighted by Crippen LogP contribution is 2.29. The molecule has 1 aromatic carbocycles. The number of ether oxygens (including phenoxy) is 1. The van der Waals surface area contributed by atoms with Crippen LogP contribution in [0, 0.1) is 6.92 Å². The first-order valence-electron chi connectivity index (χ1n) is 12.6. The van der Waals surface area contributed by atoms with E-state index in [0.717, 1.165) is 36.8 Å². The molecule has 0 bridgehead atoms. The number of carbonyl (C=O) groups is 3. The van der Waals surface area contributed by atoms with E-state index >= 15 is 0 Å². The van der Waals surface area contributed by atoms with Crippen LogP contribution in [0.15, 0.2) is 24.3 Å². The Balaban J connectivity index is 2.38. The topological polar surface area (TPSA) is 87.7 Å². The van der Waals surface area contributed by atoms with Gasteiger partial charge in [0.15, 0.2) is 0 Å². The maximum absolute atomic E-state index is 13.7. The molecule has 1 aliphatic carbocycles. The summed E-state index contributed by atoms with van der Waals surface area (Å²) in [7, 11) is 0. The standard InChI is InChI=1S/C27H43N3O4/c1-8-19(3)30(25(32)20(4)28-26(33)34-27(5,6)7)23(22-17-13-12-14-18(22)2)24(31)29-21-15-10-9-11-16-21/h12-14,17,19-21,23H,8-11,15-16H2,1-7H3,(H,28,33)(H,29,31). The van der Waals surface area contributed by atoms with E-state index in [-0.39, 0.29) is 23.9 Å². The molecule has 0 spiro atoms. The number of nitrogens with one attached hydrogen (secondary N) is 2. The van der Waals surface area contributed by atoms with Crippen molar-refractivity contribution in [3.05, 3.63) is 35.4 Å². The van der Waals surface area contributed by atoms with Crippen molar-refractivity contribution in [2.75, 3.05) is 0 Å². The largest absolute Gasteiger partial charge is 0.444 e. The van der Waals surface area contributed by atoms with E-state index in [0.29, 0.717) is 6.42 Å². The lowest BCUT2D eigenvalue weighted by atomic mass is 9.93. The average molecular weight is 474 g/mol. The molecule has 0 aromatic heterocycles. The van der Waals surface area contributed by atoms with Crippen molar-refractivity contribution < 1.29 is 19.1 Å². The molecule has 0 heterocycles. The first-order chi connectivity index (χ1) is 15.9. The smallest absolute Gasteiger partial charge is 0.408 e. The van der Waals surface area contributed by atoms with Gasteiger partial charge in [0.05, 0.1) is 0 Å². The molecule has 7 nitrogen and oxygen atoms in total. The van der Waals surface area contributed by atoms with Gasteiger partial charge in [-0.2, -0.15) is 0 Å². The van der Waals surface area contributed by atoms with Crippen LogP contribution < -0.4 is 10.6 Å². The lowest BCUT2D eigenvalue weighted by Crippen LogP contribution is -2.55. The highest BCUT2D eigenvalue weighted by atomic mass is 16.6. The average Bonchev–Trinajstić information content (AvgIpc) is 2.76. The SMILES string of the molecule is CCC(C)N(C(=O)C(C)NC(=O)OC(C)(C)C)C(C(=O)NC1CCCCC1)c1ccccc1C. The number of alkyl carbamates (subject to hydrolysis) is 1. The summed E-state index contributed by atoms with van der Waals surface area (Å²) in [6.45, 7) is 12.8. The number of carbonyl (C=O) groups excluding carboxylic acids is 3. The molecule has 7 heteroatoms. The van der Waals surface area contributed by atoms with Crippen molar-refractivity contribution in [3.63, 3.8) is 0 Å². The molecule has 3 unspecified atom stereocenters. The summed E-state index contributed by atoms with van der Waals surface area (Å²) in [6.07, 6.45) is 5.33. The normalized spacial score (nSPS) is 17.3. The number of nitrogens with zero attached hydrogens (tertiary/aromatic N) is 1. The van der Waals surface area contributed by atoms with Gasteiger partial charge in [0, 0.05) is 12.1 Å². The van der Waals surface area contributed by atoms with Crippen LogP contribution >= 0.6 is 0 Å². The minimum atomic E-state index is -0.849. The summed E-state index contributed by atoms with van der Waals surface area (Å²) in [5, 5.41) is 5.88. The Morgan fingerprint density at radius 1 is 1.09 bits per heavy atom. The second-order valence-corrected chi connectivity index (χ2v) is 10.5. The van der Waals surface area contributed by atoms with Crippen LogP contribution in [0.1, 0.15) is 97.2 Å². The van der Waals surface area contributed by atoms with Crippen LogP contribution in [0.2, 0.25) is 0 Å². The van der Waals surface area contributed by atoms with Crippen molar-refractivity contribution in [1.29, 1.82) is 0 Å². The molecule has 0 saturated heterocycles. The molecule has 1 saturated carbocycles. The highest BCUT2D eigenvalue weighted by molar-refractivity contribution is 5.92. The Morgan fingerprint density at radius 3 is 2.26 bits per heavy atom. The molecule has 1 fully saturated rings. The lowest BCUT2D eigenvalue weighted by molar-refractivity contribution is -0.145.